The molecule has 0 fully saturated rings. The van der Waals surface area contributed by atoms with Crippen molar-refractivity contribution in [1.29, 1.82) is 0 Å². The maximum atomic E-state index is 11.9. The van der Waals surface area contributed by atoms with Gasteiger partial charge in [0.15, 0.2) is 0 Å². The van der Waals surface area contributed by atoms with Crippen LogP contribution in [0.3, 0.4) is 0 Å². The minimum Gasteiger partial charge on any atom is -0.444 e. The standard InChI is InChI=1S/C16H23NO3/c1-11-6-7-12(2)13(10-11)14(8-9-18)17-15(19)20-16(3,4)5/h6-7,9-10,14H,8H2,1-5H3,(H,17,19)/t14-/m0/s1. The highest BCUT2D eigenvalue weighted by atomic mass is 16.6. The van der Waals surface area contributed by atoms with Gasteiger partial charge in [-0.3, -0.25) is 0 Å². The summed E-state index contributed by atoms with van der Waals surface area (Å²) in [4.78, 5) is 22.7. The Kier molecular flexibility index (Phi) is 5.31. The summed E-state index contributed by atoms with van der Waals surface area (Å²) in [7, 11) is 0. The van der Waals surface area contributed by atoms with Crippen molar-refractivity contribution in [2.75, 3.05) is 0 Å². The minimum absolute atomic E-state index is 0.226. The number of nitrogens with one attached hydrogen (secondary N) is 1. The smallest absolute Gasteiger partial charge is 0.408 e. The third-order valence-corrected chi connectivity index (χ3v) is 2.83. The van der Waals surface area contributed by atoms with Crippen LogP contribution in [0.4, 0.5) is 4.79 Å². The fourth-order valence-corrected chi connectivity index (χ4v) is 1.94. The third-order valence-electron chi connectivity index (χ3n) is 2.83. The number of aryl methyl sites for hydroxylation is 2. The SMILES string of the molecule is Cc1ccc(C)c([C@H](CC=O)NC(=O)OC(C)(C)C)c1. The molecule has 1 rings (SSSR count). The fraction of sp³-hybridized carbons (Fsp3) is 0.500. The fourth-order valence-electron chi connectivity index (χ4n) is 1.94. The first-order chi connectivity index (χ1) is 9.23. The van der Waals surface area contributed by atoms with Gasteiger partial charge in [0, 0.05) is 6.42 Å². The van der Waals surface area contributed by atoms with Crippen molar-refractivity contribution in [3.05, 3.63) is 34.9 Å². The van der Waals surface area contributed by atoms with Gasteiger partial charge in [0.1, 0.15) is 11.9 Å². The topological polar surface area (TPSA) is 55.4 Å². The van der Waals surface area contributed by atoms with Gasteiger partial charge < -0.3 is 14.8 Å². The second-order valence-electron chi connectivity index (χ2n) is 5.96. The number of hydrogen-bond acceptors (Lipinski definition) is 3. The lowest BCUT2D eigenvalue weighted by atomic mass is 9.97. The van der Waals surface area contributed by atoms with Gasteiger partial charge in [-0.15, -0.1) is 0 Å². The van der Waals surface area contributed by atoms with E-state index in [4.69, 9.17) is 4.74 Å². The largest absolute Gasteiger partial charge is 0.444 e. The third kappa shape index (κ3) is 5.03. The van der Waals surface area contributed by atoms with Crippen molar-refractivity contribution in [1.82, 2.24) is 5.32 Å². The number of carbonyl (C=O) groups is 2. The number of benzene rings is 1. The number of amides is 1. The minimum atomic E-state index is -0.558. The normalized spacial score (nSPS) is 12.7. The lowest BCUT2D eigenvalue weighted by molar-refractivity contribution is -0.108. The monoisotopic (exact) mass is 277 g/mol. The van der Waals surface area contributed by atoms with Crippen LogP contribution in [0.1, 0.15) is 49.9 Å². The lowest BCUT2D eigenvalue weighted by Crippen LogP contribution is -2.35. The molecule has 4 heteroatoms. The van der Waals surface area contributed by atoms with E-state index in [0.29, 0.717) is 0 Å². The predicted molar refractivity (Wildman–Crippen MR) is 78.7 cm³/mol. The van der Waals surface area contributed by atoms with E-state index in [1.165, 1.54) is 0 Å². The van der Waals surface area contributed by atoms with Gasteiger partial charge >= 0.3 is 6.09 Å². The number of hydrogen-bond donors (Lipinski definition) is 1. The summed E-state index contributed by atoms with van der Waals surface area (Å²) in [5.41, 5.74) is 2.52. The Morgan fingerprint density at radius 3 is 2.55 bits per heavy atom. The zero-order valence-electron chi connectivity index (χ0n) is 12.8. The quantitative estimate of drug-likeness (QED) is 0.857. The van der Waals surface area contributed by atoms with Gasteiger partial charge in [-0.05, 0) is 45.7 Å². The molecule has 0 unspecified atom stereocenters. The Morgan fingerprint density at radius 2 is 2.00 bits per heavy atom. The van der Waals surface area contributed by atoms with Gasteiger partial charge in [0.2, 0.25) is 0 Å². The molecule has 1 amide bonds. The molecule has 0 saturated carbocycles. The first-order valence-electron chi connectivity index (χ1n) is 6.73. The van der Waals surface area contributed by atoms with Crippen LogP contribution in [-0.2, 0) is 9.53 Å². The van der Waals surface area contributed by atoms with E-state index in [2.05, 4.69) is 5.32 Å². The lowest BCUT2D eigenvalue weighted by Gasteiger charge is -2.24. The van der Waals surface area contributed by atoms with Crippen molar-refractivity contribution in [2.24, 2.45) is 0 Å². The Labute approximate surface area is 120 Å². The molecular formula is C16H23NO3. The van der Waals surface area contributed by atoms with Crippen LogP contribution in [0.2, 0.25) is 0 Å². The molecule has 0 spiro atoms. The molecule has 20 heavy (non-hydrogen) atoms. The van der Waals surface area contributed by atoms with Gasteiger partial charge in [0.25, 0.3) is 0 Å². The van der Waals surface area contributed by atoms with E-state index in [-0.39, 0.29) is 12.5 Å². The molecule has 0 heterocycles. The molecular weight excluding hydrogens is 254 g/mol. The van der Waals surface area contributed by atoms with Crippen molar-refractivity contribution < 1.29 is 14.3 Å². The highest BCUT2D eigenvalue weighted by Crippen LogP contribution is 2.22. The Hall–Kier alpha value is -1.84. The summed E-state index contributed by atoms with van der Waals surface area (Å²) in [6.45, 7) is 9.36. The van der Waals surface area contributed by atoms with E-state index < -0.39 is 11.7 Å². The number of aldehydes is 1. The van der Waals surface area contributed by atoms with Crippen LogP contribution in [-0.4, -0.2) is 18.0 Å². The highest BCUT2D eigenvalue weighted by molar-refractivity contribution is 5.69. The predicted octanol–water partition coefficient (Wildman–Crippen LogP) is 3.46. The van der Waals surface area contributed by atoms with Crippen LogP contribution in [0.25, 0.3) is 0 Å². The molecule has 1 atom stereocenters. The average Bonchev–Trinajstić information content (AvgIpc) is 2.29. The second kappa shape index (κ2) is 6.55. The molecule has 1 aromatic rings. The van der Waals surface area contributed by atoms with Crippen molar-refractivity contribution in [3.8, 4) is 0 Å². The van der Waals surface area contributed by atoms with E-state index in [1.807, 2.05) is 32.0 Å². The summed E-state index contributed by atoms with van der Waals surface area (Å²) in [6, 6.07) is 5.62. The average molecular weight is 277 g/mol. The second-order valence-corrected chi connectivity index (χ2v) is 5.96. The first kappa shape index (κ1) is 16.2. The summed E-state index contributed by atoms with van der Waals surface area (Å²) >= 11 is 0. The summed E-state index contributed by atoms with van der Waals surface area (Å²) in [5.74, 6) is 0. The Balaban J connectivity index is 2.91. The van der Waals surface area contributed by atoms with Crippen molar-refractivity contribution in [2.45, 2.75) is 52.7 Å². The summed E-state index contributed by atoms with van der Waals surface area (Å²) in [5, 5.41) is 2.77. The van der Waals surface area contributed by atoms with Gasteiger partial charge in [-0.2, -0.15) is 0 Å². The molecule has 4 nitrogen and oxygen atoms in total. The molecule has 110 valence electrons. The van der Waals surface area contributed by atoms with E-state index in [1.54, 1.807) is 20.8 Å². The van der Waals surface area contributed by atoms with E-state index in [9.17, 15) is 9.59 Å². The number of carbonyl (C=O) groups excluding carboxylic acids is 2. The van der Waals surface area contributed by atoms with Crippen molar-refractivity contribution >= 4 is 12.4 Å². The molecule has 0 bridgehead atoms. The van der Waals surface area contributed by atoms with Crippen LogP contribution < -0.4 is 5.32 Å². The van der Waals surface area contributed by atoms with Gasteiger partial charge in [-0.1, -0.05) is 23.8 Å². The molecule has 0 radical (unpaired) electrons. The molecule has 0 saturated heterocycles. The zero-order valence-corrected chi connectivity index (χ0v) is 12.8. The molecule has 0 aliphatic heterocycles. The summed E-state index contributed by atoms with van der Waals surface area (Å²) in [6.07, 6.45) is 0.526. The number of alkyl carbamates (subject to hydrolysis) is 1. The summed E-state index contributed by atoms with van der Waals surface area (Å²) < 4.78 is 5.24. The van der Waals surface area contributed by atoms with Crippen molar-refractivity contribution in [3.63, 3.8) is 0 Å². The molecule has 0 aliphatic carbocycles. The molecule has 1 N–H and O–H groups in total. The van der Waals surface area contributed by atoms with Crippen LogP contribution in [0, 0.1) is 13.8 Å². The Morgan fingerprint density at radius 1 is 1.35 bits per heavy atom. The molecule has 1 aromatic carbocycles. The van der Waals surface area contributed by atoms with E-state index >= 15 is 0 Å². The number of rotatable bonds is 4. The van der Waals surface area contributed by atoms with Gasteiger partial charge in [-0.25, -0.2) is 4.79 Å². The molecule has 0 aliphatic rings. The van der Waals surface area contributed by atoms with Gasteiger partial charge in [0.05, 0.1) is 6.04 Å². The highest BCUT2D eigenvalue weighted by Gasteiger charge is 2.21. The van der Waals surface area contributed by atoms with Crippen LogP contribution in [0.5, 0.6) is 0 Å². The van der Waals surface area contributed by atoms with Crippen LogP contribution >= 0.6 is 0 Å². The number of ether oxygens (including phenoxy) is 1. The Bertz CT molecular complexity index is 489. The molecule has 0 aromatic heterocycles. The maximum Gasteiger partial charge on any atom is 0.408 e. The van der Waals surface area contributed by atoms with E-state index in [0.717, 1.165) is 23.0 Å². The van der Waals surface area contributed by atoms with Crippen LogP contribution in [0.15, 0.2) is 18.2 Å². The maximum absolute atomic E-state index is 11.9. The first-order valence-corrected chi connectivity index (χ1v) is 6.73. The zero-order chi connectivity index (χ0) is 15.3.